The summed E-state index contributed by atoms with van der Waals surface area (Å²) in [5, 5.41) is 8.84. The van der Waals surface area contributed by atoms with E-state index in [1.165, 1.54) is 23.7 Å². The molecule has 4 aromatic rings. The number of aromatic nitrogens is 2. The van der Waals surface area contributed by atoms with Crippen LogP contribution in [0.4, 0.5) is 5.82 Å². The van der Waals surface area contributed by atoms with Crippen LogP contribution in [0.3, 0.4) is 0 Å². The molecule has 29 heavy (non-hydrogen) atoms. The quantitative estimate of drug-likeness (QED) is 0.445. The van der Waals surface area contributed by atoms with Crippen molar-refractivity contribution in [3.05, 3.63) is 65.1 Å². The number of thiazole rings is 1. The Kier molecular flexibility index (Phi) is 5.78. The predicted molar refractivity (Wildman–Crippen MR) is 111 cm³/mol. The van der Waals surface area contributed by atoms with Crippen LogP contribution in [-0.4, -0.2) is 28.6 Å². The van der Waals surface area contributed by atoms with Crippen molar-refractivity contribution in [1.82, 2.24) is 10.1 Å². The molecule has 0 saturated carbocycles. The van der Waals surface area contributed by atoms with Gasteiger partial charge in [-0.2, -0.15) is 0 Å². The lowest BCUT2D eigenvalue weighted by atomic mass is 10.2. The zero-order valence-electron chi connectivity index (χ0n) is 15.0. The third kappa shape index (κ3) is 4.76. The number of thiophene rings is 1. The third-order valence-corrected chi connectivity index (χ3v) is 5.83. The van der Waals surface area contributed by atoms with Gasteiger partial charge >= 0.3 is 5.97 Å². The smallest absolute Gasteiger partial charge is 0.311 e. The van der Waals surface area contributed by atoms with Crippen LogP contribution in [0.15, 0.2) is 64.7 Å². The SMILES string of the molecule is O=C(COC(=O)Cc1sc(-c2ccccc2)nc1-c1cccs1)Nc1ccon1. The fourth-order valence-corrected chi connectivity index (χ4v) is 4.44. The third-order valence-electron chi connectivity index (χ3n) is 3.85. The number of hydrogen-bond acceptors (Lipinski definition) is 8. The van der Waals surface area contributed by atoms with Crippen LogP contribution in [0.2, 0.25) is 0 Å². The van der Waals surface area contributed by atoms with Gasteiger partial charge in [0.05, 0.1) is 17.0 Å². The number of carbonyl (C=O) groups excluding carboxylic acids is 2. The minimum absolute atomic E-state index is 0.0367. The van der Waals surface area contributed by atoms with Gasteiger partial charge in [0.15, 0.2) is 12.4 Å². The summed E-state index contributed by atoms with van der Waals surface area (Å²) in [7, 11) is 0. The molecule has 0 atom stereocenters. The molecule has 146 valence electrons. The van der Waals surface area contributed by atoms with E-state index >= 15 is 0 Å². The summed E-state index contributed by atoms with van der Waals surface area (Å²) in [4.78, 5) is 30.7. The van der Waals surface area contributed by atoms with Crippen LogP contribution in [0, 0.1) is 0 Å². The number of benzene rings is 1. The van der Waals surface area contributed by atoms with Gasteiger partial charge in [-0.05, 0) is 11.4 Å². The maximum atomic E-state index is 12.3. The van der Waals surface area contributed by atoms with Gasteiger partial charge in [-0.15, -0.1) is 22.7 Å². The number of rotatable bonds is 7. The van der Waals surface area contributed by atoms with E-state index in [4.69, 9.17) is 9.72 Å². The fourth-order valence-electron chi connectivity index (χ4n) is 2.57. The Morgan fingerprint density at radius 1 is 1.10 bits per heavy atom. The Balaban J connectivity index is 1.46. The number of nitrogens with zero attached hydrogens (tertiary/aromatic N) is 2. The summed E-state index contributed by atoms with van der Waals surface area (Å²) in [6.45, 7) is -0.398. The largest absolute Gasteiger partial charge is 0.455 e. The molecule has 9 heteroatoms. The standard InChI is InChI=1S/C20H15N3O4S2/c24-17(21-16-8-9-27-23-16)12-26-18(25)11-15-19(14-7-4-10-28-14)22-20(29-15)13-5-2-1-3-6-13/h1-10H,11-12H2,(H,21,23,24). The summed E-state index contributed by atoms with van der Waals surface area (Å²) in [5.74, 6) is -0.720. The first kappa shape index (κ1) is 19.0. The number of amides is 1. The zero-order valence-corrected chi connectivity index (χ0v) is 16.7. The molecule has 7 nitrogen and oxygen atoms in total. The van der Waals surface area contributed by atoms with Crippen LogP contribution >= 0.6 is 22.7 Å². The van der Waals surface area contributed by atoms with E-state index in [1.807, 2.05) is 47.8 Å². The van der Waals surface area contributed by atoms with Crippen molar-refractivity contribution < 1.29 is 18.8 Å². The van der Waals surface area contributed by atoms with Gasteiger partial charge in [0, 0.05) is 16.5 Å². The molecule has 4 rings (SSSR count). The van der Waals surface area contributed by atoms with Crippen molar-refractivity contribution in [3.8, 4) is 21.1 Å². The Hall–Kier alpha value is -3.30. The molecule has 1 N–H and O–H groups in total. The van der Waals surface area contributed by atoms with Gasteiger partial charge in [0.25, 0.3) is 5.91 Å². The van der Waals surface area contributed by atoms with E-state index in [2.05, 4.69) is 15.0 Å². The minimum atomic E-state index is -0.499. The van der Waals surface area contributed by atoms with Crippen LogP contribution in [-0.2, 0) is 20.7 Å². The van der Waals surface area contributed by atoms with Gasteiger partial charge in [0.1, 0.15) is 11.3 Å². The molecule has 0 saturated heterocycles. The Bertz CT molecular complexity index is 1090. The predicted octanol–water partition coefficient (Wildman–Crippen LogP) is 4.25. The summed E-state index contributed by atoms with van der Waals surface area (Å²) < 4.78 is 9.75. The molecule has 3 heterocycles. The lowest BCUT2D eigenvalue weighted by molar-refractivity contribution is -0.146. The molecular weight excluding hydrogens is 410 g/mol. The zero-order chi connectivity index (χ0) is 20.1. The molecule has 0 bridgehead atoms. The van der Waals surface area contributed by atoms with Crippen molar-refractivity contribution in [2.24, 2.45) is 0 Å². The van der Waals surface area contributed by atoms with Crippen molar-refractivity contribution in [1.29, 1.82) is 0 Å². The Morgan fingerprint density at radius 3 is 2.69 bits per heavy atom. The molecule has 0 unspecified atom stereocenters. The lowest BCUT2D eigenvalue weighted by Crippen LogP contribution is -2.21. The van der Waals surface area contributed by atoms with Crippen LogP contribution in [0.5, 0.6) is 0 Å². The summed E-state index contributed by atoms with van der Waals surface area (Å²) in [5.41, 5.74) is 1.76. The van der Waals surface area contributed by atoms with Crippen LogP contribution in [0.25, 0.3) is 21.1 Å². The molecule has 0 aliphatic heterocycles. The maximum absolute atomic E-state index is 12.3. The Morgan fingerprint density at radius 2 is 1.97 bits per heavy atom. The van der Waals surface area contributed by atoms with Crippen molar-refractivity contribution in [3.63, 3.8) is 0 Å². The van der Waals surface area contributed by atoms with Crippen molar-refractivity contribution in [2.45, 2.75) is 6.42 Å². The average molecular weight is 425 g/mol. The Labute approximate surface area is 174 Å². The van der Waals surface area contributed by atoms with E-state index in [0.717, 1.165) is 26.0 Å². The number of nitrogens with one attached hydrogen (secondary N) is 1. The molecular formula is C20H15N3O4S2. The first-order valence-electron chi connectivity index (χ1n) is 8.64. The molecule has 0 spiro atoms. The van der Waals surface area contributed by atoms with Gasteiger partial charge in [0.2, 0.25) is 0 Å². The first-order valence-corrected chi connectivity index (χ1v) is 10.3. The second kappa shape index (κ2) is 8.80. The van der Waals surface area contributed by atoms with E-state index in [-0.39, 0.29) is 12.2 Å². The highest BCUT2D eigenvalue weighted by molar-refractivity contribution is 7.17. The first-order chi connectivity index (χ1) is 14.2. The molecule has 0 aliphatic carbocycles. The second-order valence-corrected chi connectivity index (χ2v) is 7.94. The molecule has 3 aromatic heterocycles. The van der Waals surface area contributed by atoms with Gasteiger partial charge < -0.3 is 14.6 Å². The molecule has 0 fully saturated rings. The number of anilines is 1. The number of esters is 1. The van der Waals surface area contributed by atoms with E-state index in [9.17, 15) is 9.59 Å². The summed E-state index contributed by atoms with van der Waals surface area (Å²) in [6.07, 6.45) is 1.37. The molecule has 0 radical (unpaired) electrons. The highest BCUT2D eigenvalue weighted by Crippen LogP contribution is 2.36. The van der Waals surface area contributed by atoms with Crippen molar-refractivity contribution >= 4 is 40.4 Å². The molecule has 1 aromatic carbocycles. The number of carbonyl (C=O) groups is 2. The number of ether oxygens (including phenoxy) is 1. The maximum Gasteiger partial charge on any atom is 0.311 e. The minimum Gasteiger partial charge on any atom is -0.455 e. The van der Waals surface area contributed by atoms with Crippen LogP contribution < -0.4 is 5.32 Å². The highest BCUT2D eigenvalue weighted by Gasteiger charge is 2.19. The average Bonchev–Trinajstić information content (AvgIpc) is 3.49. The second-order valence-electron chi connectivity index (χ2n) is 5.90. The van der Waals surface area contributed by atoms with E-state index < -0.39 is 18.5 Å². The lowest BCUT2D eigenvalue weighted by Gasteiger charge is -2.04. The summed E-state index contributed by atoms with van der Waals surface area (Å²) >= 11 is 3.01. The van der Waals surface area contributed by atoms with E-state index in [1.54, 1.807) is 11.3 Å². The fraction of sp³-hybridized carbons (Fsp3) is 0.100. The van der Waals surface area contributed by atoms with Gasteiger partial charge in [-0.25, -0.2) is 4.98 Å². The van der Waals surface area contributed by atoms with Gasteiger partial charge in [-0.1, -0.05) is 41.6 Å². The monoisotopic (exact) mass is 425 g/mol. The number of hydrogen-bond donors (Lipinski definition) is 1. The topological polar surface area (TPSA) is 94.3 Å². The van der Waals surface area contributed by atoms with Crippen LogP contribution in [0.1, 0.15) is 4.88 Å². The van der Waals surface area contributed by atoms with Gasteiger partial charge in [-0.3, -0.25) is 9.59 Å². The normalized spacial score (nSPS) is 10.6. The van der Waals surface area contributed by atoms with Crippen molar-refractivity contribution in [2.75, 3.05) is 11.9 Å². The van der Waals surface area contributed by atoms with E-state index in [0.29, 0.717) is 0 Å². The molecule has 1 amide bonds. The molecule has 0 aliphatic rings. The highest BCUT2D eigenvalue weighted by atomic mass is 32.1. The summed E-state index contributed by atoms with van der Waals surface area (Å²) in [6, 6.07) is 15.2.